The van der Waals surface area contributed by atoms with Gasteiger partial charge in [0.1, 0.15) is 0 Å². The zero-order valence-corrected chi connectivity index (χ0v) is 12.9. The molecule has 0 aromatic heterocycles. The van der Waals surface area contributed by atoms with Crippen LogP contribution in [0, 0.1) is 24.2 Å². The van der Waals surface area contributed by atoms with Crippen LogP contribution >= 0.6 is 0 Å². The van der Waals surface area contributed by atoms with E-state index in [0.717, 1.165) is 25.6 Å². The molecule has 112 valence electrons. The van der Waals surface area contributed by atoms with Crippen molar-refractivity contribution in [2.24, 2.45) is 5.92 Å². The second kappa shape index (κ2) is 6.60. The van der Waals surface area contributed by atoms with E-state index in [-0.39, 0.29) is 0 Å². The normalized spacial score (nSPS) is 26.5. The van der Waals surface area contributed by atoms with Gasteiger partial charge in [-0.15, -0.1) is 0 Å². The third kappa shape index (κ3) is 4.06. The number of nitrogens with one attached hydrogen (secondary N) is 1. The van der Waals surface area contributed by atoms with Crippen LogP contribution in [0.3, 0.4) is 0 Å². The second-order valence-electron chi connectivity index (χ2n) is 6.75. The van der Waals surface area contributed by atoms with Gasteiger partial charge in [0, 0.05) is 19.1 Å². The first-order valence-corrected chi connectivity index (χ1v) is 8.14. The Morgan fingerprint density at radius 3 is 2.90 bits per heavy atom. The molecule has 0 amide bonds. The summed E-state index contributed by atoms with van der Waals surface area (Å²) in [6.45, 7) is 5.89. The highest BCUT2D eigenvalue weighted by atomic mass is 15.2. The van der Waals surface area contributed by atoms with Crippen LogP contribution in [0.5, 0.6) is 0 Å². The second-order valence-corrected chi connectivity index (χ2v) is 6.75. The lowest BCUT2D eigenvalue weighted by atomic mass is 9.87. The predicted octanol–water partition coefficient (Wildman–Crippen LogP) is 2.68. The van der Waals surface area contributed by atoms with Gasteiger partial charge in [-0.05, 0) is 50.1 Å². The van der Waals surface area contributed by atoms with Crippen molar-refractivity contribution >= 4 is 0 Å². The van der Waals surface area contributed by atoms with Crippen LogP contribution in [0.1, 0.15) is 36.3 Å². The Morgan fingerprint density at radius 1 is 1.33 bits per heavy atom. The zero-order chi connectivity index (χ0) is 14.7. The Bertz CT molecular complexity index is 515. The molecular formula is C18H25N3. The molecule has 1 aliphatic carbocycles. The highest BCUT2D eigenvalue weighted by Gasteiger charge is 2.29. The van der Waals surface area contributed by atoms with E-state index in [1.165, 1.54) is 30.4 Å². The molecule has 2 aliphatic rings. The SMILES string of the molecule is Cc1cccc(C2CC(NCC3CC3)CN(CC#N)C2)c1. The van der Waals surface area contributed by atoms with Crippen molar-refractivity contribution in [1.29, 1.82) is 5.26 Å². The molecule has 2 unspecified atom stereocenters. The maximum atomic E-state index is 9.02. The van der Waals surface area contributed by atoms with E-state index < -0.39 is 0 Å². The van der Waals surface area contributed by atoms with Crippen LogP contribution in [0.4, 0.5) is 0 Å². The van der Waals surface area contributed by atoms with Gasteiger partial charge >= 0.3 is 0 Å². The van der Waals surface area contributed by atoms with Crippen molar-refractivity contribution in [3.05, 3.63) is 35.4 Å². The number of aryl methyl sites for hydroxylation is 1. The van der Waals surface area contributed by atoms with Gasteiger partial charge in [-0.1, -0.05) is 29.8 Å². The topological polar surface area (TPSA) is 39.1 Å². The molecule has 1 aliphatic heterocycles. The molecule has 1 saturated heterocycles. The summed E-state index contributed by atoms with van der Waals surface area (Å²) in [7, 11) is 0. The van der Waals surface area contributed by atoms with E-state index in [0.29, 0.717) is 18.5 Å². The maximum absolute atomic E-state index is 9.02. The van der Waals surface area contributed by atoms with Crippen LogP contribution in [0.15, 0.2) is 24.3 Å². The molecule has 1 aromatic rings. The van der Waals surface area contributed by atoms with Crippen LogP contribution in [-0.2, 0) is 0 Å². The number of likely N-dealkylation sites (tertiary alicyclic amines) is 1. The fraction of sp³-hybridized carbons (Fsp3) is 0.611. The Morgan fingerprint density at radius 2 is 2.19 bits per heavy atom. The summed E-state index contributed by atoms with van der Waals surface area (Å²) in [5.74, 6) is 1.46. The van der Waals surface area contributed by atoms with Crippen molar-refractivity contribution in [3.63, 3.8) is 0 Å². The number of nitrogens with zero attached hydrogens (tertiary/aromatic N) is 2. The van der Waals surface area contributed by atoms with Gasteiger partial charge in [0.2, 0.25) is 0 Å². The molecule has 1 heterocycles. The van der Waals surface area contributed by atoms with E-state index >= 15 is 0 Å². The average molecular weight is 283 g/mol. The summed E-state index contributed by atoms with van der Waals surface area (Å²) in [5, 5.41) is 12.8. The zero-order valence-electron chi connectivity index (χ0n) is 12.9. The Kier molecular flexibility index (Phi) is 4.57. The lowest BCUT2D eigenvalue weighted by Crippen LogP contribution is -2.49. The molecule has 0 bridgehead atoms. The molecule has 3 heteroatoms. The minimum atomic E-state index is 0.526. The first-order chi connectivity index (χ1) is 10.2. The summed E-state index contributed by atoms with van der Waals surface area (Å²) in [6.07, 6.45) is 3.98. The van der Waals surface area contributed by atoms with E-state index in [1.807, 2.05) is 0 Å². The Hall–Kier alpha value is -1.37. The Labute approximate surface area is 128 Å². The fourth-order valence-electron chi connectivity index (χ4n) is 3.39. The summed E-state index contributed by atoms with van der Waals surface area (Å²) in [4.78, 5) is 2.31. The van der Waals surface area contributed by atoms with E-state index in [2.05, 4.69) is 47.5 Å². The van der Waals surface area contributed by atoms with Crippen molar-refractivity contribution < 1.29 is 0 Å². The largest absolute Gasteiger partial charge is 0.312 e. The van der Waals surface area contributed by atoms with Crippen molar-refractivity contribution in [2.75, 3.05) is 26.2 Å². The van der Waals surface area contributed by atoms with E-state index in [9.17, 15) is 0 Å². The van der Waals surface area contributed by atoms with Crippen LogP contribution in [0.25, 0.3) is 0 Å². The van der Waals surface area contributed by atoms with Gasteiger partial charge in [0.15, 0.2) is 0 Å². The van der Waals surface area contributed by atoms with Gasteiger partial charge in [0.25, 0.3) is 0 Å². The standard InChI is InChI=1S/C18H25N3/c1-14-3-2-4-16(9-14)17-10-18(20-11-15-5-6-15)13-21(12-17)8-7-19/h2-4,9,15,17-18,20H,5-6,8,10-13H2,1H3. The monoisotopic (exact) mass is 283 g/mol. The number of piperidine rings is 1. The Balaban J connectivity index is 1.67. The first kappa shape index (κ1) is 14.6. The molecule has 21 heavy (non-hydrogen) atoms. The lowest BCUT2D eigenvalue weighted by Gasteiger charge is -2.37. The van der Waals surface area contributed by atoms with Gasteiger partial charge < -0.3 is 5.32 Å². The minimum Gasteiger partial charge on any atom is -0.312 e. The smallest absolute Gasteiger partial charge is 0.0866 e. The molecule has 2 atom stereocenters. The first-order valence-electron chi connectivity index (χ1n) is 8.14. The molecule has 0 spiro atoms. The summed E-state index contributed by atoms with van der Waals surface area (Å²) in [5.41, 5.74) is 2.75. The number of hydrogen-bond acceptors (Lipinski definition) is 3. The maximum Gasteiger partial charge on any atom is 0.0866 e. The van der Waals surface area contributed by atoms with Gasteiger partial charge in [-0.25, -0.2) is 0 Å². The molecule has 1 N–H and O–H groups in total. The molecule has 0 radical (unpaired) electrons. The third-order valence-electron chi connectivity index (χ3n) is 4.73. The highest BCUT2D eigenvalue weighted by molar-refractivity contribution is 5.26. The van der Waals surface area contributed by atoms with E-state index in [4.69, 9.17) is 5.26 Å². The van der Waals surface area contributed by atoms with Crippen LogP contribution < -0.4 is 5.32 Å². The van der Waals surface area contributed by atoms with Crippen LogP contribution in [-0.4, -0.2) is 37.1 Å². The number of rotatable bonds is 5. The number of hydrogen-bond donors (Lipinski definition) is 1. The average Bonchev–Trinajstić information content (AvgIpc) is 3.29. The summed E-state index contributed by atoms with van der Waals surface area (Å²) in [6, 6.07) is 11.7. The van der Waals surface area contributed by atoms with Gasteiger partial charge in [-0.3, -0.25) is 4.90 Å². The fourth-order valence-corrected chi connectivity index (χ4v) is 3.39. The third-order valence-corrected chi connectivity index (χ3v) is 4.73. The van der Waals surface area contributed by atoms with Gasteiger partial charge in [-0.2, -0.15) is 5.26 Å². The molecule has 1 aromatic carbocycles. The van der Waals surface area contributed by atoms with Crippen molar-refractivity contribution in [2.45, 2.75) is 38.1 Å². The molecular weight excluding hydrogens is 258 g/mol. The van der Waals surface area contributed by atoms with Gasteiger partial charge in [0.05, 0.1) is 12.6 Å². The quantitative estimate of drug-likeness (QED) is 0.845. The molecule has 1 saturated carbocycles. The molecule has 2 fully saturated rings. The van der Waals surface area contributed by atoms with Crippen molar-refractivity contribution in [3.8, 4) is 6.07 Å². The summed E-state index contributed by atoms with van der Waals surface area (Å²) < 4.78 is 0. The van der Waals surface area contributed by atoms with Crippen molar-refractivity contribution in [1.82, 2.24) is 10.2 Å². The number of benzene rings is 1. The number of nitriles is 1. The lowest BCUT2D eigenvalue weighted by molar-refractivity contribution is 0.188. The van der Waals surface area contributed by atoms with E-state index in [1.54, 1.807) is 0 Å². The molecule has 3 rings (SSSR count). The highest BCUT2D eigenvalue weighted by Crippen LogP contribution is 2.30. The van der Waals surface area contributed by atoms with Crippen LogP contribution in [0.2, 0.25) is 0 Å². The molecule has 3 nitrogen and oxygen atoms in total. The minimum absolute atomic E-state index is 0.526. The predicted molar refractivity (Wildman–Crippen MR) is 85.1 cm³/mol. The summed E-state index contributed by atoms with van der Waals surface area (Å²) >= 11 is 0.